The lowest BCUT2D eigenvalue weighted by molar-refractivity contribution is 0.207. The fourth-order valence-electron chi connectivity index (χ4n) is 3.88. The summed E-state index contributed by atoms with van der Waals surface area (Å²) in [6.07, 6.45) is 6.34. The van der Waals surface area contributed by atoms with Crippen molar-refractivity contribution in [1.29, 1.82) is 0 Å². The number of benzene rings is 1. The molecule has 0 bridgehead atoms. The number of pyridine rings is 1. The third-order valence-electron chi connectivity index (χ3n) is 5.82. The average Bonchev–Trinajstić information content (AvgIpc) is 2.79. The van der Waals surface area contributed by atoms with Gasteiger partial charge < -0.3 is 9.64 Å². The molecule has 0 unspecified atom stereocenters. The monoisotopic (exact) mass is 550 g/mol. The first-order valence-corrected chi connectivity index (χ1v) is 11.8. The van der Waals surface area contributed by atoms with Crippen LogP contribution in [0.2, 0.25) is 0 Å². The molecule has 1 saturated heterocycles. The summed E-state index contributed by atoms with van der Waals surface area (Å²) in [5.74, 6) is -0.748. The molecule has 0 saturated carbocycles. The van der Waals surface area contributed by atoms with Gasteiger partial charge in [-0.15, -0.1) is 0 Å². The molecule has 3 aromatic rings. The lowest BCUT2D eigenvalue weighted by Crippen LogP contribution is -2.36. The summed E-state index contributed by atoms with van der Waals surface area (Å²) >= 11 is 2.11. The van der Waals surface area contributed by atoms with Crippen LogP contribution in [-0.4, -0.2) is 34.6 Å². The molecule has 0 amide bonds. The van der Waals surface area contributed by atoms with Crippen LogP contribution in [0.3, 0.4) is 0 Å². The van der Waals surface area contributed by atoms with Gasteiger partial charge in [0.25, 0.3) is 0 Å². The van der Waals surface area contributed by atoms with E-state index >= 15 is 0 Å². The van der Waals surface area contributed by atoms with Crippen LogP contribution < -0.4 is 9.64 Å². The number of aryl methyl sites for hydroxylation is 2. The largest absolute Gasteiger partial charge is 0.487 e. The van der Waals surface area contributed by atoms with Crippen molar-refractivity contribution < 1.29 is 13.5 Å². The Balaban J connectivity index is 1.37. The Morgan fingerprint density at radius 3 is 2.34 bits per heavy atom. The second-order valence-corrected chi connectivity index (χ2v) is 9.13. The number of nitrogens with zero attached hydrogens (tertiary/aromatic N) is 4. The number of hydrogen-bond acceptors (Lipinski definition) is 5. The van der Waals surface area contributed by atoms with Crippen LogP contribution in [0.15, 0.2) is 36.7 Å². The maximum Gasteiger partial charge on any atom is 0.225 e. The quantitative estimate of drug-likeness (QED) is 0.296. The molecule has 0 aliphatic carbocycles. The van der Waals surface area contributed by atoms with Crippen LogP contribution in [-0.2, 0) is 6.42 Å². The molecule has 5 nitrogen and oxygen atoms in total. The molecule has 1 aromatic carbocycles. The molecule has 168 valence electrons. The van der Waals surface area contributed by atoms with Crippen molar-refractivity contribution in [3.8, 4) is 16.9 Å². The maximum absolute atomic E-state index is 14.7. The third-order valence-corrected chi connectivity index (χ3v) is 6.42. The minimum absolute atomic E-state index is 0.224. The highest BCUT2D eigenvalue weighted by atomic mass is 127. The molecule has 2 aromatic heterocycles. The van der Waals surface area contributed by atoms with Crippen LogP contribution >= 0.6 is 22.6 Å². The lowest BCUT2D eigenvalue weighted by atomic mass is 9.98. The normalized spacial score (nSPS) is 14.6. The zero-order valence-electron chi connectivity index (χ0n) is 18.1. The summed E-state index contributed by atoms with van der Waals surface area (Å²) in [5, 5.41) is 0. The molecule has 0 N–H and O–H groups in total. The molecule has 32 heavy (non-hydrogen) atoms. The van der Waals surface area contributed by atoms with Crippen molar-refractivity contribution in [1.82, 2.24) is 15.0 Å². The first-order valence-electron chi connectivity index (χ1n) is 10.8. The van der Waals surface area contributed by atoms with E-state index in [1.165, 1.54) is 12.1 Å². The topological polar surface area (TPSA) is 51.1 Å². The lowest BCUT2D eigenvalue weighted by Gasteiger charge is -2.31. The van der Waals surface area contributed by atoms with Crippen LogP contribution in [0.4, 0.5) is 14.7 Å². The van der Waals surface area contributed by atoms with Crippen molar-refractivity contribution >= 4 is 28.5 Å². The molecule has 0 atom stereocenters. The van der Waals surface area contributed by atoms with E-state index in [0.29, 0.717) is 11.1 Å². The fourth-order valence-corrected chi connectivity index (χ4v) is 4.43. The average molecular weight is 550 g/mol. The van der Waals surface area contributed by atoms with Crippen molar-refractivity contribution in [2.75, 3.05) is 24.6 Å². The van der Waals surface area contributed by atoms with Crippen molar-refractivity contribution in [3.63, 3.8) is 0 Å². The number of hydrogen-bond donors (Lipinski definition) is 0. The number of rotatable bonds is 6. The first-order chi connectivity index (χ1) is 15.4. The van der Waals surface area contributed by atoms with Crippen LogP contribution in [0, 0.1) is 28.2 Å². The molecule has 1 aliphatic rings. The van der Waals surface area contributed by atoms with Gasteiger partial charge in [0.2, 0.25) is 5.95 Å². The molecule has 4 rings (SSSR count). The van der Waals surface area contributed by atoms with E-state index in [1.807, 2.05) is 31.5 Å². The van der Waals surface area contributed by atoms with E-state index in [-0.39, 0.29) is 18.3 Å². The highest BCUT2D eigenvalue weighted by molar-refractivity contribution is 14.1. The van der Waals surface area contributed by atoms with Gasteiger partial charge in [-0.1, -0.05) is 6.92 Å². The predicted molar refractivity (Wildman–Crippen MR) is 129 cm³/mol. The minimum atomic E-state index is -0.695. The van der Waals surface area contributed by atoms with E-state index in [2.05, 4.69) is 49.4 Å². The standard InChI is InChI=1S/C24H25F2IN4O/c1-3-16-12-28-24(29-13-16)31-8-6-17(7-9-31)14-32-23-20(25)10-18(11-21(23)26)19-4-5-22(27)30-15(19)2/h4-5,10-13,17H,3,6-9,14H2,1-2H3. The highest BCUT2D eigenvalue weighted by Gasteiger charge is 2.23. The molecule has 0 spiro atoms. The van der Waals surface area contributed by atoms with Crippen LogP contribution in [0.1, 0.15) is 31.0 Å². The molecule has 3 heterocycles. The van der Waals surface area contributed by atoms with Gasteiger partial charge >= 0.3 is 0 Å². The number of piperidine rings is 1. The molecule has 8 heteroatoms. The maximum atomic E-state index is 14.7. The first kappa shape index (κ1) is 22.8. The van der Waals surface area contributed by atoms with E-state index in [1.54, 1.807) is 0 Å². The summed E-state index contributed by atoms with van der Waals surface area (Å²) in [4.78, 5) is 15.4. The van der Waals surface area contributed by atoms with Gasteiger partial charge in [0.1, 0.15) is 3.70 Å². The summed E-state index contributed by atoms with van der Waals surface area (Å²) in [6.45, 7) is 5.77. The second kappa shape index (κ2) is 10.1. The van der Waals surface area contributed by atoms with E-state index in [9.17, 15) is 8.78 Å². The summed E-state index contributed by atoms with van der Waals surface area (Å²) in [5.41, 5.74) is 3.00. The zero-order valence-corrected chi connectivity index (χ0v) is 20.3. The summed E-state index contributed by atoms with van der Waals surface area (Å²) < 4.78 is 35.8. The van der Waals surface area contributed by atoms with Gasteiger partial charge in [-0.05, 0) is 90.1 Å². The molecule has 0 radical (unpaired) electrons. The van der Waals surface area contributed by atoms with Gasteiger partial charge in [-0.25, -0.2) is 23.7 Å². The van der Waals surface area contributed by atoms with Crippen LogP contribution in [0.25, 0.3) is 11.1 Å². The van der Waals surface area contributed by atoms with E-state index in [4.69, 9.17) is 4.74 Å². The molecular weight excluding hydrogens is 525 g/mol. The fraction of sp³-hybridized carbons (Fsp3) is 0.375. The number of halogens is 3. The Hall–Kier alpha value is -2.36. The second-order valence-electron chi connectivity index (χ2n) is 8.02. The van der Waals surface area contributed by atoms with Crippen LogP contribution in [0.5, 0.6) is 5.75 Å². The Morgan fingerprint density at radius 1 is 1.09 bits per heavy atom. The Bertz CT molecular complexity index is 1060. The number of aromatic nitrogens is 3. The molecule has 1 aliphatic heterocycles. The zero-order chi connectivity index (χ0) is 22.7. The van der Waals surface area contributed by atoms with Gasteiger partial charge in [-0.3, -0.25) is 0 Å². The predicted octanol–water partition coefficient (Wildman–Crippen LogP) is 5.59. The van der Waals surface area contributed by atoms with Gasteiger partial charge in [0.15, 0.2) is 17.4 Å². The van der Waals surface area contributed by atoms with E-state index in [0.717, 1.165) is 53.3 Å². The van der Waals surface area contributed by atoms with E-state index < -0.39 is 11.6 Å². The highest BCUT2D eigenvalue weighted by Crippen LogP contribution is 2.31. The summed E-state index contributed by atoms with van der Waals surface area (Å²) in [7, 11) is 0. The smallest absolute Gasteiger partial charge is 0.225 e. The van der Waals surface area contributed by atoms with Gasteiger partial charge in [-0.2, -0.15) is 0 Å². The van der Waals surface area contributed by atoms with Crippen molar-refractivity contribution in [2.24, 2.45) is 5.92 Å². The van der Waals surface area contributed by atoms with Gasteiger partial charge in [0.05, 0.1) is 6.61 Å². The van der Waals surface area contributed by atoms with Crippen molar-refractivity contribution in [3.05, 3.63) is 63.3 Å². The number of anilines is 1. The Morgan fingerprint density at radius 2 is 1.75 bits per heavy atom. The number of ether oxygens (including phenoxy) is 1. The Labute approximate surface area is 200 Å². The SMILES string of the molecule is CCc1cnc(N2CCC(COc3c(F)cc(-c4ccc(I)nc4C)cc3F)CC2)nc1. The molecular formula is C24H25F2IN4O. The minimum Gasteiger partial charge on any atom is -0.487 e. The van der Waals surface area contributed by atoms with Crippen molar-refractivity contribution in [2.45, 2.75) is 33.1 Å². The molecule has 1 fully saturated rings. The third kappa shape index (κ3) is 5.16. The Kier molecular flexibility index (Phi) is 7.17. The summed E-state index contributed by atoms with van der Waals surface area (Å²) in [6, 6.07) is 6.27. The van der Waals surface area contributed by atoms with Gasteiger partial charge in [0, 0.05) is 36.7 Å².